The summed E-state index contributed by atoms with van der Waals surface area (Å²) in [4.78, 5) is 17.3. The van der Waals surface area contributed by atoms with Crippen LogP contribution in [0, 0.1) is 24.1 Å². The lowest BCUT2D eigenvalue weighted by atomic mass is 10.1. The second-order valence-corrected chi connectivity index (χ2v) is 6.62. The fraction of sp³-hybridized carbons (Fsp3) is 0.105. The van der Waals surface area contributed by atoms with Crippen LogP contribution in [0.4, 0.5) is 9.52 Å². The minimum atomic E-state index is -0.552. The number of halogens is 1. The normalized spacial score (nSPS) is 11.2. The Labute approximate surface area is 153 Å². The third kappa shape index (κ3) is 4.43. The number of furan rings is 1. The number of carbonyl (C=O) groups is 1. The van der Waals surface area contributed by atoms with Gasteiger partial charge in [0.25, 0.3) is 5.91 Å². The molecule has 2 aromatic heterocycles. The van der Waals surface area contributed by atoms with Gasteiger partial charge in [-0.15, -0.1) is 11.3 Å². The van der Waals surface area contributed by atoms with E-state index in [9.17, 15) is 14.4 Å². The van der Waals surface area contributed by atoms with E-state index in [0.29, 0.717) is 23.1 Å². The minimum absolute atomic E-state index is 0.0744. The molecule has 2 heterocycles. The molecule has 130 valence electrons. The van der Waals surface area contributed by atoms with Crippen molar-refractivity contribution < 1.29 is 13.6 Å². The maximum absolute atomic E-state index is 12.9. The van der Waals surface area contributed by atoms with Crippen molar-refractivity contribution in [1.29, 1.82) is 5.26 Å². The van der Waals surface area contributed by atoms with Crippen molar-refractivity contribution in [2.75, 3.05) is 5.32 Å². The number of carbonyl (C=O) groups excluding carboxylic acids is 1. The van der Waals surface area contributed by atoms with Crippen LogP contribution >= 0.6 is 11.3 Å². The number of nitriles is 1. The van der Waals surface area contributed by atoms with E-state index in [2.05, 4.69) is 10.3 Å². The van der Waals surface area contributed by atoms with E-state index < -0.39 is 5.91 Å². The Morgan fingerprint density at radius 1 is 1.35 bits per heavy atom. The molecule has 0 unspecified atom stereocenters. The van der Waals surface area contributed by atoms with E-state index in [-0.39, 0.29) is 11.4 Å². The van der Waals surface area contributed by atoms with Crippen LogP contribution in [0.2, 0.25) is 0 Å². The molecule has 1 amide bonds. The summed E-state index contributed by atoms with van der Waals surface area (Å²) in [6.45, 7) is 1.78. The predicted octanol–water partition coefficient (Wildman–Crippen LogP) is 4.32. The Bertz CT molecular complexity index is 996. The summed E-state index contributed by atoms with van der Waals surface area (Å²) >= 11 is 1.30. The van der Waals surface area contributed by atoms with Crippen molar-refractivity contribution in [1.82, 2.24) is 4.98 Å². The molecule has 0 fully saturated rings. The van der Waals surface area contributed by atoms with Crippen molar-refractivity contribution in [3.05, 3.63) is 75.9 Å². The Hall–Kier alpha value is -3.24. The fourth-order valence-electron chi connectivity index (χ4n) is 2.24. The van der Waals surface area contributed by atoms with Gasteiger partial charge in [-0.05, 0) is 36.8 Å². The second-order valence-electron chi connectivity index (χ2n) is 5.51. The summed E-state index contributed by atoms with van der Waals surface area (Å²) in [6.07, 6.45) is 3.62. The van der Waals surface area contributed by atoms with Crippen LogP contribution in [0.15, 0.2) is 52.6 Å². The second kappa shape index (κ2) is 7.76. The minimum Gasteiger partial charge on any atom is -0.462 e. The van der Waals surface area contributed by atoms with E-state index in [0.717, 1.165) is 10.4 Å². The summed E-state index contributed by atoms with van der Waals surface area (Å²) in [5, 5.41) is 12.2. The smallest absolute Gasteiger partial charge is 0.268 e. The molecule has 0 atom stereocenters. The first-order chi connectivity index (χ1) is 12.5. The fourth-order valence-corrected chi connectivity index (χ4v) is 3.08. The first-order valence-electron chi connectivity index (χ1n) is 7.72. The number of anilines is 1. The molecule has 1 aromatic carbocycles. The Kier molecular flexibility index (Phi) is 5.25. The van der Waals surface area contributed by atoms with Gasteiger partial charge in [0.1, 0.15) is 29.0 Å². The zero-order valence-electron chi connectivity index (χ0n) is 13.8. The SMILES string of the molecule is Cc1ccc(/C=C(\C#N)C(=O)Nc2ncc(Cc3ccc(F)cc3)s2)o1. The molecule has 0 radical (unpaired) electrons. The molecule has 0 aliphatic heterocycles. The van der Waals surface area contributed by atoms with Crippen molar-refractivity contribution in [3.8, 4) is 6.07 Å². The maximum Gasteiger partial charge on any atom is 0.268 e. The Balaban J connectivity index is 1.67. The zero-order valence-corrected chi connectivity index (χ0v) is 14.6. The summed E-state index contributed by atoms with van der Waals surface area (Å²) in [7, 11) is 0. The molecule has 26 heavy (non-hydrogen) atoms. The quantitative estimate of drug-likeness (QED) is 0.538. The molecular formula is C19H14FN3O2S. The standard InChI is InChI=1S/C19H14FN3O2S/c1-12-2-7-16(25-12)9-14(10-21)18(24)23-19-22-11-17(26-19)8-13-3-5-15(20)6-4-13/h2-7,9,11H,8H2,1H3,(H,22,23,24)/b14-9+. The number of thiazole rings is 1. The van der Waals surface area contributed by atoms with Crippen molar-refractivity contribution in [3.63, 3.8) is 0 Å². The van der Waals surface area contributed by atoms with Gasteiger partial charge in [-0.1, -0.05) is 12.1 Å². The molecule has 3 aromatic rings. The van der Waals surface area contributed by atoms with Gasteiger partial charge < -0.3 is 4.42 Å². The summed E-state index contributed by atoms with van der Waals surface area (Å²) in [5.41, 5.74) is 0.869. The molecule has 0 saturated heterocycles. The van der Waals surface area contributed by atoms with Gasteiger partial charge in [-0.25, -0.2) is 9.37 Å². The Morgan fingerprint density at radius 2 is 2.12 bits per heavy atom. The molecule has 0 saturated carbocycles. The number of hydrogen-bond acceptors (Lipinski definition) is 5. The van der Waals surface area contributed by atoms with Gasteiger partial charge in [0.05, 0.1) is 0 Å². The molecule has 0 spiro atoms. The van der Waals surface area contributed by atoms with Gasteiger partial charge >= 0.3 is 0 Å². The number of benzene rings is 1. The average molecular weight is 367 g/mol. The van der Waals surface area contributed by atoms with Gasteiger partial charge in [-0.3, -0.25) is 10.1 Å². The third-order valence-corrected chi connectivity index (χ3v) is 4.39. The largest absolute Gasteiger partial charge is 0.462 e. The van der Waals surface area contributed by atoms with Crippen LogP contribution in [0.3, 0.4) is 0 Å². The summed E-state index contributed by atoms with van der Waals surface area (Å²) in [5.74, 6) is 0.294. The van der Waals surface area contributed by atoms with E-state index in [1.807, 2.05) is 6.07 Å². The van der Waals surface area contributed by atoms with Gasteiger partial charge in [0.15, 0.2) is 5.13 Å². The van der Waals surface area contributed by atoms with Crippen molar-refractivity contribution in [2.24, 2.45) is 0 Å². The van der Waals surface area contributed by atoms with Crippen LogP contribution in [0.5, 0.6) is 0 Å². The highest BCUT2D eigenvalue weighted by molar-refractivity contribution is 7.15. The molecule has 5 nitrogen and oxygen atoms in total. The van der Waals surface area contributed by atoms with Crippen LogP contribution < -0.4 is 5.32 Å². The van der Waals surface area contributed by atoms with Crippen molar-refractivity contribution >= 4 is 28.5 Å². The highest BCUT2D eigenvalue weighted by atomic mass is 32.1. The third-order valence-electron chi connectivity index (χ3n) is 3.48. The van der Waals surface area contributed by atoms with E-state index >= 15 is 0 Å². The van der Waals surface area contributed by atoms with Gasteiger partial charge in [-0.2, -0.15) is 5.26 Å². The summed E-state index contributed by atoms with van der Waals surface area (Å²) < 4.78 is 18.3. The van der Waals surface area contributed by atoms with Gasteiger partial charge in [0, 0.05) is 23.6 Å². The van der Waals surface area contributed by atoms with Crippen molar-refractivity contribution in [2.45, 2.75) is 13.3 Å². The number of rotatable bonds is 5. The molecule has 0 aliphatic carbocycles. The van der Waals surface area contributed by atoms with Gasteiger partial charge in [0.2, 0.25) is 0 Å². The number of nitrogens with one attached hydrogen (secondary N) is 1. The first kappa shape index (κ1) is 17.6. The van der Waals surface area contributed by atoms with Crippen LogP contribution in [-0.2, 0) is 11.2 Å². The summed E-state index contributed by atoms with van der Waals surface area (Å²) in [6, 6.07) is 11.5. The lowest BCUT2D eigenvalue weighted by Crippen LogP contribution is -2.13. The monoisotopic (exact) mass is 367 g/mol. The van der Waals surface area contributed by atoms with E-state index in [1.54, 1.807) is 37.4 Å². The predicted molar refractivity (Wildman–Crippen MR) is 97.0 cm³/mol. The Morgan fingerprint density at radius 3 is 2.77 bits per heavy atom. The number of amides is 1. The lowest BCUT2D eigenvalue weighted by molar-refractivity contribution is -0.112. The molecule has 1 N–H and O–H groups in total. The molecule has 0 aliphatic rings. The molecule has 3 rings (SSSR count). The van der Waals surface area contributed by atoms with Crippen LogP contribution in [0.1, 0.15) is 22.0 Å². The van der Waals surface area contributed by atoms with Crippen LogP contribution in [-0.4, -0.2) is 10.9 Å². The van der Waals surface area contributed by atoms with E-state index in [4.69, 9.17) is 4.42 Å². The van der Waals surface area contributed by atoms with E-state index in [1.165, 1.54) is 29.5 Å². The maximum atomic E-state index is 12.9. The van der Waals surface area contributed by atoms with Crippen LogP contribution in [0.25, 0.3) is 6.08 Å². The molecular weight excluding hydrogens is 353 g/mol. The molecule has 0 bridgehead atoms. The number of nitrogens with zero attached hydrogens (tertiary/aromatic N) is 2. The zero-order chi connectivity index (χ0) is 18.5. The first-order valence-corrected chi connectivity index (χ1v) is 8.54. The highest BCUT2D eigenvalue weighted by Crippen LogP contribution is 2.22. The number of aromatic nitrogens is 1. The number of hydrogen-bond donors (Lipinski definition) is 1. The molecule has 7 heteroatoms. The average Bonchev–Trinajstić information content (AvgIpc) is 3.23. The number of aryl methyl sites for hydroxylation is 1. The lowest BCUT2D eigenvalue weighted by Gasteiger charge is -1.99. The highest BCUT2D eigenvalue weighted by Gasteiger charge is 2.13. The topological polar surface area (TPSA) is 78.9 Å².